The Balaban J connectivity index is 2.45. The first-order valence-corrected chi connectivity index (χ1v) is 7.17. The van der Waals surface area contributed by atoms with Gasteiger partial charge in [0.15, 0.2) is 5.96 Å². The van der Waals surface area contributed by atoms with Gasteiger partial charge in [0.2, 0.25) is 0 Å². The van der Waals surface area contributed by atoms with Gasteiger partial charge in [-0.3, -0.25) is 0 Å². The zero-order valence-corrected chi connectivity index (χ0v) is 12.6. The van der Waals surface area contributed by atoms with E-state index < -0.39 is 12.8 Å². The molecule has 22 heavy (non-hydrogen) atoms. The Morgan fingerprint density at radius 2 is 2.05 bits per heavy atom. The highest BCUT2D eigenvalue weighted by Crippen LogP contribution is 2.16. The van der Waals surface area contributed by atoms with Gasteiger partial charge >= 0.3 is 6.18 Å². The fourth-order valence-electron chi connectivity index (χ4n) is 1.73. The van der Waals surface area contributed by atoms with Crippen molar-refractivity contribution in [3.63, 3.8) is 0 Å². The van der Waals surface area contributed by atoms with Gasteiger partial charge in [-0.1, -0.05) is 37.6 Å². The lowest BCUT2D eigenvalue weighted by Gasteiger charge is -2.08. The summed E-state index contributed by atoms with van der Waals surface area (Å²) >= 11 is 0. The lowest BCUT2D eigenvalue weighted by Crippen LogP contribution is -2.32. The number of benzene rings is 1. The molecule has 0 unspecified atom stereocenters. The van der Waals surface area contributed by atoms with Crippen molar-refractivity contribution in [2.24, 2.45) is 10.7 Å². The van der Waals surface area contributed by atoms with E-state index in [0.29, 0.717) is 18.1 Å². The topological polar surface area (TPSA) is 59.6 Å². The smallest absolute Gasteiger partial charge is 0.370 e. The highest BCUT2D eigenvalue weighted by Gasteiger charge is 2.27. The number of unbranched alkanes of at least 4 members (excludes halogenated alkanes) is 1. The van der Waals surface area contributed by atoms with Crippen molar-refractivity contribution >= 4 is 5.96 Å². The monoisotopic (exact) mass is 317 g/mol. The summed E-state index contributed by atoms with van der Waals surface area (Å²) in [7, 11) is 0. The minimum absolute atomic E-state index is 0.0820. The second-order valence-electron chi connectivity index (χ2n) is 4.91. The van der Waals surface area contributed by atoms with Gasteiger partial charge in [0.05, 0.1) is 13.2 Å². The number of aliphatic imine (C=N–C) groups is 1. The second-order valence-corrected chi connectivity index (χ2v) is 4.91. The highest BCUT2D eigenvalue weighted by molar-refractivity contribution is 5.77. The van der Waals surface area contributed by atoms with Crippen LogP contribution < -0.4 is 11.1 Å². The molecule has 0 aliphatic heterocycles. The molecule has 0 spiro atoms. The van der Waals surface area contributed by atoms with Crippen LogP contribution in [0.15, 0.2) is 29.3 Å². The van der Waals surface area contributed by atoms with Crippen molar-refractivity contribution in [2.75, 3.05) is 13.2 Å². The summed E-state index contributed by atoms with van der Waals surface area (Å²) in [6.45, 7) is 1.90. The van der Waals surface area contributed by atoms with Gasteiger partial charge in [-0.2, -0.15) is 13.2 Å². The maximum atomic E-state index is 12.0. The second kappa shape index (κ2) is 9.30. The first-order chi connectivity index (χ1) is 10.4. The van der Waals surface area contributed by atoms with Crippen molar-refractivity contribution in [3.05, 3.63) is 35.4 Å². The van der Waals surface area contributed by atoms with Crippen molar-refractivity contribution in [1.82, 2.24) is 5.32 Å². The minimum atomic E-state index is -4.31. The van der Waals surface area contributed by atoms with E-state index in [9.17, 15) is 13.2 Å². The molecule has 0 amide bonds. The van der Waals surface area contributed by atoms with Gasteiger partial charge in [-0.25, -0.2) is 4.99 Å². The maximum absolute atomic E-state index is 12.0. The summed E-state index contributed by atoms with van der Waals surface area (Å²) in [5, 5.41) is 3.00. The molecule has 3 N–H and O–H groups in total. The van der Waals surface area contributed by atoms with E-state index in [4.69, 9.17) is 5.73 Å². The van der Waals surface area contributed by atoms with Crippen LogP contribution in [-0.2, 0) is 17.9 Å². The molecule has 1 rings (SSSR count). The fourth-order valence-corrected chi connectivity index (χ4v) is 1.73. The molecule has 0 radical (unpaired) electrons. The molecule has 4 nitrogen and oxygen atoms in total. The molecule has 0 bridgehead atoms. The summed E-state index contributed by atoms with van der Waals surface area (Å²) in [5.41, 5.74) is 7.26. The Bertz CT molecular complexity index is 475. The third-order valence-electron chi connectivity index (χ3n) is 2.79. The average molecular weight is 317 g/mol. The van der Waals surface area contributed by atoms with Crippen LogP contribution >= 0.6 is 0 Å². The molecule has 0 aliphatic carbocycles. The molecule has 0 aliphatic rings. The SMILES string of the molecule is CCCCNC(N)=NCc1cccc(COCC(F)(F)F)c1. The Morgan fingerprint density at radius 3 is 2.73 bits per heavy atom. The molecule has 1 aromatic carbocycles. The molecule has 124 valence electrons. The van der Waals surface area contributed by atoms with E-state index in [2.05, 4.69) is 22.0 Å². The van der Waals surface area contributed by atoms with Crippen LogP contribution in [0.5, 0.6) is 0 Å². The number of hydrogen-bond donors (Lipinski definition) is 2. The van der Waals surface area contributed by atoms with Crippen LogP contribution in [0.2, 0.25) is 0 Å². The Labute approximate surface area is 128 Å². The van der Waals surface area contributed by atoms with Crippen LogP contribution in [0.3, 0.4) is 0 Å². The molecular formula is C15H22F3N3O. The summed E-state index contributed by atoms with van der Waals surface area (Å²) in [4.78, 5) is 4.19. The van der Waals surface area contributed by atoms with Crippen molar-refractivity contribution in [1.29, 1.82) is 0 Å². The Hall–Kier alpha value is -1.76. The number of rotatable bonds is 8. The molecule has 7 heteroatoms. The molecule has 0 heterocycles. The molecule has 0 atom stereocenters. The van der Waals surface area contributed by atoms with Crippen LogP contribution in [0.4, 0.5) is 13.2 Å². The van der Waals surface area contributed by atoms with E-state index >= 15 is 0 Å². The predicted octanol–water partition coefficient (Wildman–Crippen LogP) is 2.97. The van der Waals surface area contributed by atoms with Crippen LogP contribution in [0.25, 0.3) is 0 Å². The maximum Gasteiger partial charge on any atom is 0.411 e. The largest absolute Gasteiger partial charge is 0.411 e. The standard InChI is InChI=1S/C15H22F3N3O/c1-2-3-7-20-14(19)21-9-12-5-4-6-13(8-12)10-22-11-15(16,17)18/h4-6,8H,2-3,7,9-11H2,1H3,(H3,19,20,21). The highest BCUT2D eigenvalue weighted by atomic mass is 19.4. The van der Waals surface area contributed by atoms with Crippen molar-refractivity contribution in [2.45, 2.75) is 39.1 Å². The number of halogens is 3. The zero-order chi connectivity index (χ0) is 16.4. The minimum Gasteiger partial charge on any atom is -0.370 e. The average Bonchev–Trinajstić information content (AvgIpc) is 2.44. The lowest BCUT2D eigenvalue weighted by atomic mass is 10.1. The van der Waals surface area contributed by atoms with E-state index in [0.717, 1.165) is 24.9 Å². The zero-order valence-electron chi connectivity index (χ0n) is 12.6. The van der Waals surface area contributed by atoms with Crippen LogP contribution in [0, 0.1) is 0 Å². The third-order valence-corrected chi connectivity index (χ3v) is 2.79. The molecule has 0 saturated carbocycles. The van der Waals surface area contributed by atoms with Crippen LogP contribution in [-0.4, -0.2) is 25.3 Å². The summed E-state index contributed by atoms with van der Waals surface area (Å²) in [5.74, 6) is 0.368. The number of ether oxygens (including phenoxy) is 1. The molecular weight excluding hydrogens is 295 g/mol. The molecule has 0 aromatic heterocycles. The van der Waals surface area contributed by atoms with Gasteiger partial charge in [-0.15, -0.1) is 0 Å². The van der Waals surface area contributed by atoms with Gasteiger partial charge in [0, 0.05) is 6.54 Å². The normalized spacial score (nSPS) is 12.5. The molecule has 1 aromatic rings. The number of hydrogen-bond acceptors (Lipinski definition) is 2. The van der Waals surface area contributed by atoms with Gasteiger partial charge in [0.1, 0.15) is 6.61 Å². The van der Waals surface area contributed by atoms with Crippen molar-refractivity contribution in [3.8, 4) is 0 Å². The van der Waals surface area contributed by atoms with E-state index in [1.165, 1.54) is 0 Å². The quantitative estimate of drug-likeness (QED) is 0.440. The summed E-state index contributed by atoms with van der Waals surface area (Å²) < 4.78 is 40.7. The summed E-state index contributed by atoms with van der Waals surface area (Å²) in [6.07, 6.45) is -2.22. The van der Waals surface area contributed by atoms with E-state index in [1.807, 2.05) is 6.07 Å². The number of guanidine groups is 1. The van der Waals surface area contributed by atoms with Gasteiger partial charge < -0.3 is 15.8 Å². The summed E-state index contributed by atoms with van der Waals surface area (Å²) in [6, 6.07) is 7.08. The number of nitrogens with two attached hydrogens (primary N) is 1. The lowest BCUT2D eigenvalue weighted by molar-refractivity contribution is -0.176. The number of nitrogens with zero attached hydrogens (tertiary/aromatic N) is 1. The number of nitrogens with one attached hydrogen (secondary N) is 1. The number of alkyl halides is 3. The Morgan fingerprint density at radius 1 is 1.32 bits per heavy atom. The van der Waals surface area contributed by atoms with Crippen LogP contribution in [0.1, 0.15) is 30.9 Å². The van der Waals surface area contributed by atoms with E-state index in [-0.39, 0.29) is 6.61 Å². The molecule has 0 saturated heterocycles. The van der Waals surface area contributed by atoms with E-state index in [1.54, 1.807) is 18.2 Å². The first-order valence-electron chi connectivity index (χ1n) is 7.17. The molecule has 0 fully saturated rings. The Kier molecular flexibility index (Phi) is 7.73. The van der Waals surface area contributed by atoms with Gasteiger partial charge in [0.25, 0.3) is 0 Å². The predicted molar refractivity (Wildman–Crippen MR) is 80.4 cm³/mol. The van der Waals surface area contributed by atoms with Crippen molar-refractivity contribution < 1.29 is 17.9 Å². The first kappa shape index (κ1) is 18.3. The third kappa shape index (κ3) is 8.51. The fraction of sp³-hybridized carbons (Fsp3) is 0.533. The van der Waals surface area contributed by atoms with Gasteiger partial charge in [-0.05, 0) is 17.5 Å².